The summed E-state index contributed by atoms with van der Waals surface area (Å²) in [6.07, 6.45) is 5.73. The molecule has 0 aromatic heterocycles. The summed E-state index contributed by atoms with van der Waals surface area (Å²) in [6, 6.07) is 0. The van der Waals surface area contributed by atoms with E-state index in [1.54, 1.807) is 6.92 Å². The van der Waals surface area contributed by atoms with E-state index in [2.05, 4.69) is 33.6 Å². The van der Waals surface area contributed by atoms with Crippen LogP contribution >= 0.6 is 0 Å². The normalized spacial score (nSPS) is 42.5. The molecule has 0 amide bonds. The molecule has 24 heavy (non-hydrogen) atoms. The molecule has 0 aliphatic heterocycles. The van der Waals surface area contributed by atoms with Crippen molar-refractivity contribution in [2.24, 2.45) is 10.8 Å². The van der Waals surface area contributed by atoms with Gasteiger partial charge in [0.25, 0.3) is 0 Å². The summed E-state index contributed by atoms with van der Waals surface area (Å²) < 4.78 is 12.4. The average Bonchev–Trinajstić information content (AvgIpc) is 2.32. The lowest BCUT2D eigenvalue weighted by molar-refractivity contribution is -0.262. The Hall–Kier alpha value is -1.51. The maximum absolute atomic E-state index is 12.3. The van der Waals surface area contributed by atoms with Crippen molar-refractivity contribution in [1.82, 2.24) is 0 Å². The van der Waals surface area contributed by atoms with Gasteiger partial charge in [-0.3, -0.25) is 0 Å². The SMILES string of the molecule is C=C(C)C(=C)OC12CC3(C)CC(OC(=O)C(=C)C)(C1)C[C@](C)(C3)C2. The molecule has 4 aliphatic carbocycles. The van der Waals surface area contributed by atoms with Gasteiger partial charge in [0, 0.05) is 12.0 Å². The van der Waals surface area contributed by atoms with E-state index in [0.29, 0.717) is 11.3 Å². The molecule has 4 fully saturated rings. The van der Waals surface area contributed by atoms with Crippen molar-refractivity contribution in [3.05, 3.63) is 36.6 Å². The summed E-state index contributed by atoms with van der Waals surface area (Å²) in [5.74, 6) is 0.378. The minimum atomic E-state index is -0.441. The van der Waals surface area contributed by atoms with Crippen molar-refractivity contribution in [3.63, 3.8) is 0 Å². The van der Waals surface area contributed by atoms with E-state index in [9.17, 15) is 4.79 Å². The number of carbonyl (C=O) groups excluding carboxylic acids is 1. The number of ether oxygens (including phenoxy) is 2. The van der Waals surface area contributed by atoms with Crippen LogP contribution in [0.2, 0.25) is 0 Å². The summed E-state index contributed by atoms with van der Waals surface area (Å²) in [5.41, 5.74) is 0.840. The first-order valence-electron chi connectivity index (χ1n) is 8.82. The summed E-state index contributed by atoms with van der Waals surface area (Å²) in [6.45, 7) is 20.0. The molecule has 0 saturated heterocycles. The summed E-state index contributed by atoms with van der Waals surface area (Å²) in [7, 11) is 0. The zero-order chi connectivity index (χ0) is 18.0. The van der Waals surface area contributed by atoms with Crippen molar-refractivity contribution in [3.8, 4) is 0 Å². The molecule has 4 bridgehead atoms. The van der Waals surface area contributed by atoms with Gasteiger partial charge < -0.3 is 9.47 Å². The maximum Gasteiger partial charge on any atom is 0.333 e. The fraction of sp³-hybridized carbons (Fsp3) is 0.667. The fourth-order valence-electron chi connectivity index (χ4n) is 6.33. The van der Waals surface area contributed by atoms with Crippen LogP contribution in [0.1, 0.15) is 66.2 Å². The minimum absolute atomic E-state index is 0.133. The van der Waals surface area contributed by atoms with Gasteiger partial charge in [0.15, 0.2) is 0 Å². The van der Waals surface area contributed by atoms with Crippen LogP contribution in [0.25, 0.3) is 0 Å². The van der Waals surface area contributed by atoms with Gasteiger partial charge in [-0.1, -0.05) is 33.6 Å². The van der Waals surface area contributed by atoms with Gasteiger partial charge in [-0.25, -0.2) is 4.79 Å². The maximum atomic E-state index is 12.3. The fourth-order valence-corrected chi connectivity index (χ4v) is 6.33. The van der Waals surface area contributed by atoms with Gasteiger partial charge in [0.1, 0.15) is 17.0 Å². The number of allylic oxidation sites excluding steroid dienone is 1. The standard InChI is InChI=1S/C21H30O3/c1-14(2)16(5)23-20-9-18(6)8-19(7,10-20)12-21(11-18,13-20)24-17(22)15(3)4/h1,3,5,8-13H2,2,4,6-7H3/t18-,19?,20?,21?/m1/s1. The molecule has 0 heterocycles. The lowest BCUT2D eigenvalue weighted by Crippen LogP contribution is -2.67. The highest BCUT2D eigenvalue weighted by Gasteiger charge is 2.68. The second-order valence-corrected chi connectivity index (χ2v) is 9.52. The van der Waals surface area contributed by atoms with Gasteiger partial charge in [0.05, 0.1) is 0 Å². The molecule has 4 rings (SSSR count). The van der Waals surface area contributed by atoms with Gasteiger partial charge in [-0.05, 0) is 62.4 Å². The van der Waals surface area contributed by atoms with Gasteiger partial charge >= 0.3 is 5.97 Å². The first-order valence-corrected chi connectivity index (χ1v) is 8.82. The third-order valence-electron chi connectivity index (χ3n) is 5.97. The summed E-state index contributed by atoms with van der Waals surface area (Å²) in [5, 5.41) is 0. The topological polar surface area (TPSA) is 35.5 Å². The van der Waals surface area contributed by atoms with E-state index in [4.69, 9.17) is 9.47 Å². The monoisotopic (exact) mass is 330 g/mol. The molecule has 4 aliphatic rings. The van der Waals surface area contributed by atoms with Crippen LogP contribution < -0.4 is 0 Å². The highest BCUT2D eigenvalue weighted by atomic mass is 16.6. The third-order valence-corrected chi connectivity index (χ3v) is 5.97. The van der Waals surface area contributed by atoms with Crippen LogP contribution in [0, 0.1) is 10.8 Å². The molecule has 132 valence electrons. The average molecular weight is 330 g/mol. The van der Waals surface area contributed by atoms with E-state index in [-0.39, 0.29) is 22.4 Å². The number of hydrogen-bond acceptors (Lipinski definition) is 3. The molecule has 0 N–H and O–H groups in total. The number of rotatable bonds is 5. The first kappa shape index (κ1) is 17.3. The highest BCUT2D eigenvalue weighted by molar-refractivity contribution is 5.87. The van der Waals surface area contributed by atoms with E-state index in [1.165, 1.54) is 0 Å². The van der Waals surface area contributed by atoms with Crippen LogP contribution in [0.15, 0.2) is 36.6 Å². The second kappa shape index (κ2) is 5.00. The molecular formula is C21H30O3. The van der Waals surface area contributed by atoms with E-state index >= 15 is 0 Å². The minimum Gasteiger partial charge on any atom is -0.487 e. The Bertz CT molecular complexity index is 573. The van der Waals surface area contributed by atoms with Gasteiger partial charge in [0.2, 0.25) is 0 Å². The smallest absolute Gasteiger partial charge is 0.333 e. The predicted octanol–water partition coefficient (Wildman–Crippen LogP) is 5.08. The largest absolute Gasteiger partial charge is 0.487 e. The molecule has 0 radical (unpaired) electrons. The Morgan fingerprint density at radius 1 is 0.750 bits per heavy atom. The molecular weight excluding hydrogens is 300 g/mol. The van der Waals surface area contributed by atoms with E-state index in [0.717, 1.165) is 44.1 Å². The molecule has 0 aromatic carbocycles. The second-order valence-electron chi connectivity index (χ2n) is 9.52. The molecule has 0 aromatic rings. The predicted molar refractivity (Wildman–Crippen MR) is 95.3 cm³/mol. The first-order chi connectivity index (χ1) is 10.9. The van der Waals surface area contributed by atoms with E-state index < -0.39 is 5.60 Å². The lowest BCUT2D eigenvalue weighted by atomic mass is 9.42. The Morgan fingerprint density at radius 2 is 1.21 bits per heavy atom. The molecule has 3 nitrogen and oxygen atoms in total. The van der Waals surface area contributed by atoms with Gasteiger partial charge in [-0.2, -0.15) is 0 Å². The molecule has 4 atom stereocenters. The zero-order valence-corrected chi connectivity index (χ0v) is 15.6. The van der Waals surface area contributed by atoms with Crippen LogP contribution in [0.5, 0.6) is 0 Å². The molecule has 3 unspecified atom stereocenters. The summed E-state index contributed by atoms with van der Waals surface area (Å²) in [4.78, 5) is 12.3. The zero-order valence-electron chi connectivity index (χ0n) is 15.6. The Labute approximate surface area is 145 Å². The van der Waals surface area contributed by atoms with Crippen molar-refractivity contribution < 1.29 is 14.3 Å². The van der Waals surface area contributed by atoms with Crippen molar-refractivity contribution in [2.75, 3.05) is 0 Å². The Morgan fingerprint density at radius 3 is 1.62 bits per heavy atom. The number of hydrogen-bond donors (Lipinski definition) is 0. The van der Waals surface area contributed by atoms with Crippen molar-refractivity contribution in [2.45, 2.75) is 77.4 Å². The van der Waals surface area contributed by atoms with Crippen LogP contribution in [-0.4, -0.2) is 17.2 Å². The quantitative estimate of drug-likeness (QED) is 0.305. The number of esters is 1. The van der Waals surface area contributed by atoms with E-state index in [1.807, 2.05) is 6.92 Å². The molecule has 0 spiro atoms. The lowest BCUT2D eigenvalue weighted by Gasteiger charge is -2.68. The van der Waals surface area contributed by atoms with Crippen molar-refractivity contribution in [1.29, 1.82) is 0 Å². The highest BCUT2D eigenvalue weighted by Crippen LogP contribution is 2.69. The van der Waals surface area contributed by atoms with Crippen LogP contribution in [0.4, 0.5) is 0 Å². The van der Waals surface area contributed by atoms with Crippen LogP contribution in [-0.2, 0) is 14.3 Å². The summed E-state index contributed by atoms with van der Waals surface area (Å²) >= 11 is 0. The Balaban J connectivity index is 1.96. The molecule has 3 heteroatoms. The van der Waals surface area contributed by atoms with Crippen LogP contribution in [0.3, 0.4) is 0 Å². The third kappa shape index (κ3) is 2.82. The molecule has 4 saturated carbocycles. The van der Waals surface area contributed by atoms with Gasteiger partial charge in [-0.15, -0.1) is 0 Å². The number of carbonyl (C=O) groups is 1. The Kier molecular flexibility index (Phi) is 3.61. The van der Waals surface area contributed by atoms with Crippen molar-refractivity contribution >= 4 is 5.97 Å².